The second-order valence-corrected chi connectivity index (χ2v) is 7.45. The highest BCUT2D eigenvalue weighted by Crippen LogP contribution is 2.42. The number of nitrogens with zero attached hydrogens (tertiary/aromatic N) is 4. The van der Waals surface area contributed by atoms with Gasteiger partial charge in [0.2, 0.25) is 0 Å². The summed E-state index contributed by atoms with van der Waals surface area (Å²) in [5, 5.41) is 0. The first-order valence-electron chi connectivity index (χ1n) is 9.92. The van der Waals surface area contributed by atoms with E-state index < -0.39 is 0 Å². The Labute approximate surface area is 160 Å². The summed E-state index contributed by atoms with van der Waals surface area (Å²) in [5.41, 5.74) is 3.47. The van der Waals surface area contributed by atoms with Crippen LogP contribution in [0.25, 0.3) is 0 Å². The van der Waals surface area contributed by atoms with Gasteiger partial charge in [-0.05, 0) is 37.1 Å². The number of fused-ring (bicyclic) bond motifs is 1. The minimum atomic E-state index is 0.556. The number of hydrogen-bond donors (Lipinski definition) is 0. The molecule has 0 radical (unpaired) electrons. The Balaban J connectivity index is 1.58. The molecule has 4 heteroatoms. The van der Waals surface area contributed by atoms with Crippen molar-refractivity contribution in [2.45, 2.75) is 38.0 Å². The molecule has 1 aliphatic heterocycles. The third-order valence-electron chi connectivity index (χ3n) is 5.71. The van der Waals surface area contributed by atoms with Crippen LogP contribution in [-0.2, 0) is 0 Å². The zero-order chi connectivity index (χ0) is 18.1. The molecular weight excluding hydrogens is 332 g/mol. The first-order valence-corrected chi connectivity index (χ1v) is 9.92. The number of rotatable bonds is 3. The fraction of sp³-hybridized carbons (Fsp3) is 0.304. The summed E-state index contributed by atoms with van der Waals surface area (Å²) in [4.78, 5) is 14.6. The topological polar surface area (TPSA) is 32.3 Å². The van der Waals surface area contributed by atoms with Crippen LogP contribution in [0.1, 0.15) is 43.7 Å². The van der Waals surface area contributed by atoms with Crippen molar-refractivity contribution in [3.8, 4) is 0 Å². The molecule has 0 saturated heterocycles. The Morgan fingerprint density at radius 1 is 0.704 bits per heavy atom. The largest absolute Gasteiger partial charge is 0.305 e. The van der Waals surface area contributed by atoms with E-state index in [2.05, 4.69) is 64.4 Å². The van der Waals surface area contributed by atoms with E-state index in [1.165, 1.54) is 32.1 Å². The van der Waals surface area contributed by atoms with E-state index in [9.17, 15) is 0 Å². The summed E-state index contributed by atoms with van der Waals surface area (Å²) >= 11 is 0. The second kappa shape index (κ2) is 7.03. The van der Waals surface area contributed by atoms with Gasteiger partial charge in [0, 0.05) is 17.3 Å². The van der Waals surface area contributed by atoms with Gasteiger partial charge in [0.15, 0.2) is 11.6 Å². The second-order valence-electron chi connectivity index (χ2n) is 7.45. The molecule has 0 spiro atoms. The van der Waals surface area contributed by atoms with Gasteiger partial charge in [-0.1, -0.05) is 55.7 Å². The number of para-hydroxylation sites is 2. The van der Waals surface area contributed by atoms with E-state index >= 15 is 0 Å². The zero-order valence-corrected chi connectivity index (χ0v) is 15.5. The summed E-state index contributed by atoms with van der Waals surface area (Å²) in [5.74, 6) is 2.48. The lowest BCUT2D eigenvalue weighted by atomic mass is 9.87. The van der Waals surface area contributed by atoms with Crippen LogP contribution in [0.3, 0.4) is 0 Å². The van der Waals surface area contributed by atoms with Crippen LogP contribution in [0.15, 0.2) is 66.9 Å². The molecule has 2 heterocycles. The fourth-order valence-corrected chi connectivity index (χ4v) is 4.25. The lowest BCUT2D eigenvalue weighted by Gasteiger charge is -2.22. The molecule has 2 aliphatic rings. The lowest BCUT2D eigenvalue weighted by Crippen LogP contribution is -2.24. The summed E-state index contributed by atoms with van der Waals surface area (Å²) in [6.45, 7) is 0.734. The van der Waals surface area contributed by atoms with Crippen LogP contribution in [0.2, 0.25) is 0 Å². The van der Waals surface area contributed by atoms with Gasteiger partial charge in [-0.2, -0.15) is 0 Å². The van der Waals surface area contributed by atoms with Crippen molar-refractivity contribution < 1.29 is 0 Å². The summed E-state index contributed by atoms with van der Waals surface area (Å²) in [6, 6.07) is 21.0. The molecule has 0 unspecified atom stereocenters. The quantitative estimate of drug-likeness (QED) is 0.596. The van der Waals surface area contributed by atoms with Crippen LogP contribution in [0.4, 0.5) is 23.0 Å². The van der Waals surface area contributed by atoms with Crippen molar-refractivity contribution in [1.82, 2.24) is 9.97 Å². The van der Waals surface area contributed by atoms with Gasteiger partial charge in [0.25, 0.3) is 0 Å². The predicted molar refractivity (Wildman–Crippen MR) is 110 cm³/mol. The number of anilines is 4. The van der Waals surface area contributed by atoms with Crippen molar-refractivity contribution in [2.24, 2.45) is 0 Å². The van der Waals surface area contributed by atoms with Gasteiger partial charge in [-0.15, -0.1) is 0 Å². The van der Waals surface area contributed by atoms with Gasteiger partial charge < -0.3 is 9.80 Å². The molecule has 5 rings (SSSR count). The van der Waals surface area contributed by atoms with Gasteiger partial charge in [0.05, 0.1) is 11.9 Å². The van der Waals surface area contributed by atoms with Crippen LogP contribution in [0, 0.1) is 0 Å². The van der Waals surface area contributed by atoms with Gasteiger partial charge >= 0.3 is 0 Å². The Kier molecular flexibility index (Phi) is 4.24. The van der Waals surface area contributed by atoms with E-state index in [0.29, 0.717) is 5.92 Å². The molecule has 2 aromatic carbocycles. The highest BCUT2D eigenvalue weighted by atomic mass is 15.4. The van der Waals surface area contributed by atoms with Gasteiger partial charge in [0.1, 0.15) is 6.67 Å². The Morgan fingerprint density at radius 3 is 1.93 bits per heavy atom. The molecule has 0 bridgehead atoms. The summed E-state index contributed by atoms with van der Waals surface area (Å²) < 4.78 is 0. The maximum atomic E-state index is 5.13. The molecule has 27 heavy (non-hydrogen) atoms. The Morgan fingerprint density at radius 2 is 1.30 bits per heavy atom. The number of aromatic nitrogens is 2. The van der Waals surface area contributed by atoms with Gasteiger partial charge in [-0.25, -0.2) is 9.97 Å². The van der Waals surface area contributed by atoms with Crippen LogP contribution < -0.4 is 9.80 Å². The van der Waals surface area contributed by atoms with E-state index in [0.717, 1.165) is 35.4 Å². The average molecular weight is 356 g/mol. The SMILES string of the molecule is c1ccc(N2CN(c3ccccc3)c3nc(C4CCCCC4)cnc32)cc1. The van der Waals surface area contributed by atoms with Crippen LogP contribution in [0.5, 0.6) is 0 Å². The van der Waals surface area contributed by atoms with Crippen molar-refractivity contribution >= 4 is 23.0 Å². The van der Waals surface area contributed by atoms with Crippen molar-refractivity contribution in [2.75, 3.05) is 16.5 Å². The third-order valence-corrected chi connectivity index (χ3v) is 5.71. The molecule has 4 nitrogen and oxygen atoms in total. The highest BCUT2D eigenvalue weighted by molar-refractivity contribution is 5.81. The minimum absolute atomic E-state index is 0.556. The molecule has 3 aromatic rings. The fourth-order valence-electron chi connectivity index (χ4n) is 4.25. The van der Waals surface area contributed by atoms with Crippen molar-refractivity contribution in [3.63, 3.8) is 0 Å². The molecular formula is C23H24N4. The first kappa shape index (κ1) is 16.3. The molecule has 0 amide bonds. The Hall–Kier alpha value is -2.88. The lowest BCUT2D eigenvalue weighted by molar-refractivity contribution is 0.436. The van der Waals surface area contributed by atoms with E-state index in [1.807, 2.05) is 12.3 Å². The maximum Gasteiger partial charge on any atom is 0.178 e. The first-order chi connectivity index (χ1) is 13.4. The monoisotopic (exact) mass is 356 g/mol. The van der Waals surface area contributed by atoms with E-state index in [1.54, 1.807) is 0 Å². The van der Waals surface area contributed by atoms with Crippen molar-refractivity contribution in [3.05, 3.63) is 72.6 Å². The predicted octanol–water partition coefficient (Wildman–Crippen LogP) is 5.77. The molecule has 1 saturated carbocycles. The Bertz CT molecular complexity index is 904. The van der Waals surface area contributed by atoms with Crippen molar-refractivity contribution in [1.29, 1.82) is 0 Å². The molecule has 136 valence electrons. The third kappa shape index (κ3) is 3.05. The maximum absolute atomic E-state index is 5.13. The van der Waals surface area contributed by atoms with E-state index in [-0.39, 0.29) is 0 Å². The zero-order valence-electron chi connectivity index (χ0n) is 15.5. The minimum Gasteiger partial charge on any atom is -0.305 e. The van der Waals surface area contributed by atoms with E-state index in [4.69, 9.17) is 9.97 Å². The highest BCUT2D eigenvalue weighted by Gasteiger charge is 2.32. The van der Waals surface area contributed by atoms with Crippen LogP contribution in [-0.4, -0.2) is 16.6 Å². The number of hydrogen-bond acceptors (Lipinski definition) is 4. The molecule has 1 aromatic heterocycles. The number of benzene rings is 2. The molecule has 1 fully saturated rings. The smallest absolute Gasteiger partial charge is 0.178 e. The summed E-state index contributed by atoms with van der Waals surface area (Å²) in [6.07, 6.45) is 8.46. The molecule has 0 N–H and O–H groups in total. The molecule has 0 atom stereocenters. The van der Waals surface area contributed by atoms with Crippen LogP contribution >= 0.6 is 0 Å². The molecule has 1 aliphatic carbocycles. The normalized spacial score (nSPS) is 17.2. The van der Waals surface area contributed by atoms with Gasteiger partial charge in [-0.3, -0.25) is 0 Å². The summed E-state index contributed by atoms with van der Waals surface area (Å²) in [7, 11) is 0. The standard InChI is InChI=1S/C23H24N4/c1-4-10-18(11-5-1)21-16-24-22-23(25-21)27(20-14-8-3-9-15-20)17-26(22)19-12-6-2-7-13-19/h2-3,6-9,12-16,18H,1,4-5,10-11,17H2. The average Bonchev–Trinajstić information content (AvgIpc) is 3.14.